The molecule has 1 aliphatic rings. The van der Waals surface area contributed by atoms with E-state index in [1.807, 2.05) is 48.5 Å². The van der Waals surface area contributed by atoms with Crippen LogP contribution in [0.4, 0.5) is 5.69 Å². The molecule has 0 bridgehead atoms. The molecular weight excluding hydrogens is 348 g/mol. The van der Waals surface area contributed by atoms with Gasteiger partial charge in [0, 0.05) is 16.8 Å². The Hall–Kier alpha value is -2.80. The molecule has 7 heteroatoms. The standard InChI is InChI=1S/C19H18N4O2S/c1-3-26-19-21-18-16(22-23-19)14-6-4-5-7-15(14)20-17(25-18)12-8-10-13(24-2)11-9-12/h4-11,17,20H,3H2,1-2H3/t17-/m0/s1. The van der Waals surface area contributed by atoms with Gasteiger partial charge in [-0.2, -0.15) is 4.98 Å². The number of fused-ring (bicyclic) bond motifs is 3. The Morgan fingerprint density at radius 1 is 1.12 bits per heavy atom. The van der Waals surface area contributed by atoms with Crippen LogP contribution in [0.5, 0.6) is 11.6 Å². The second kappa shape index (κ2) is 7.21. The molecular formula is C19H18N4O2S. The van der Waals surface area contributed by atoms with Crippen molar-refractivity contribution in [2.75, 3.05) is 18.2 Å². The smallest absolute Gasteiger partial charge is 0.247 e. The number of anilines is 1. The first-order valence-electron chi connectivity index (χ1n) is 8.32. The number of hydrogen-bond acceptors (Lipinski definition) is 7. The van der Waals surface area contributed by atoms with E-state index in [9.17, 15) is 0 Å². The van der Waals surface area contributed by atoms with Crippen LogP contribution in [0.3, 0.4) is 0 Å². The van der Waals surface area contributed by atoms with Crippen LogP contribution in [0.1, 0.15) is 18.7 Å². The average Bonchev–Trinajstić information content (AvgIpc) is 2.85. The average molecular weight is 366 g/mol. The van der Waals surface area contributed by atoms with Crippen molar-refractivity contribution in [3.05, 3.63) is 54.1 Å². The number of ether oxygens (including phenoxy) is 2. The molecule has 0 radical (unpaired) electrons. The Morgan fingerprint density at radius 3 is 2.69 bits per heavy atom. The first-order valence-corrected chi connectivity index (χ1v) is 9.31. The van der Waals surface area contributed by atoms with Crippen molar-refractivity contribution in [3.63, 3.8) is 0 Å². The minimum atomic E-state index is -0.389. The molecule has 6 nitrogen and oxygen atoms in total. The van der Waals surface area contributed by atoms with Crippen LogP contribution in [0, 0.1) is 0 Å². The molecule has 2 heterocycles. The third-order valence-electron chi connectivity index (χ3n) is 4.03. The van der Waals surface area contributed by atoms with Crippen molar-refractivity contribution in [2.24, 2.45) is 0 Å². The maximum Gasteiger partial charge on any atom is 0.247 e. The van der Waals surface area contributed by atoms with Crippen LogP contribution in [0.25, 0.3) is 11.3 Å². The second-order valence-electron chi connectivity index (χ2n) is 5.64. The Balaban J connectivity index is 1.79. The van der Waals surface area contributed by atoms with E-state index in [0.29, 0.717) is 16.7 Å². The fourth-order valence-electron chi connectivity index (χ4n) is 2.77. The van der Waals surface area contributed by atoms with Crippen LogP contribution in [0.15, 0.2) is 53.7 Å². The number of nitrogens with one attached hydrogen (secondary N) is 1. The summed E-state index contributed by atoms with van der Waals surface area (Å²) in [5.41, 5.74) is 3.46. The van der Waals surface area contributed by atoms with E-state index in [1.54, 1.807) is 7.11 Å². The molecule has 26 heavy (non-hydrogen) atoms. The Kier molecular flexibility index (Phi) is 4.62. The lowest BCUT2D eigenvalue weighted by atomic mass is 10.1. The molecule has 0 unspecified atom stereocenters. The number of para-hydroxylation sites is 1. The van der Waals surface area contributed by atoms with E-state index in [1.165, 1.54) is 11.8 Å². The molecule has 0 fully saturated rings. The molecule has 132 valence electrons. The van der Waals surface area contributed by atoms with Gasteiger partial charge >= 0.3 is 0 Å². The summed E-state index contributed by atoms with van der Waals surface area (Å²) in [5, 5.41) is 12.6. The highest BCUT2D eigenvalue weighted by Crippen LogP contribution is 2.39. The molecule has 1 aromatic heterocycles. The van der Waals surface area contributed by atoms with E-state index in [2.05, 4.69) is 27.4 Å². The van der Waals surface area contributed by atoms with Crippen molar-refractivity contribution in [1.29, 1.82) is 0 Å². The first-order chi connectivity index (χ1) is 12.8. The summed E-state index contributed by atoms with van der Waals surface area (Å²) in [7, 11) is 1.65. The third-order valence-corrected chi connectivity index (χ3v) is 4.75. The number of thioether (sulfide) groups is 1. The topological polar surface area (TPSA) is 69.2 Å². The second-order valence-corrected chi connectivity index (χ2v) is 6.87. The van der Waals surface area contributed by atoms with Gasteiger partial charge in [0.25, 0.3) is 0 Å². The van der Waals surface area contributed by atoms with Gasteiger partial charge in [0.05, 0.1) is 7.11 Å². The highest BCUT2D eigenvalue weighted by molar-refractivity contribution is 7.99. The molecule has 0 spiro atoms. The maximum absolute atomic E-state index is 6.21. The van der Waals surface area contributed by atoms with Gasteiger partial charge in [0.15, 0.2) is 11.9 Å². The number of rotatable bonds is 4. The minimum Gasteiger partial charge on any atom is -0.497 e. The number of methoxy groups -OCH3 is 1. The fraction of sp³-hybridized carbons (Fsp3) is 0.211. The Morgan fingerprint density at radius 2 is 1.92 bits per heavy atom. The normalized spacial score (nSPS) is 15.1. The number of aromatic nitrogens is 3. The largest absolute Gasteiger partial charge is 0.497 e. The lowest BCUT2D eigenvalue weighted by molar-refractivity contribution is 0.225. The number of hydrogen-bond donors (Lipinski definition) is 1. The first kappa shape index (κ1) is 16.7. The highest BCUT2D eigenvalue weighted by atomic mass is 32.2. The quantitative estimate of drug-likeness (QED) is 0.695. The van der Waals surface area contributed by atoms with Crippen LogP contribution >= 0.6 is 11.8 Å². The summed E-state index contributed by atoms with van der Waals surface area (Å²) in [6, 6.07) is 15.7. The van der Waals surface area contributed by atoms with E-state index in [4.69, 9.17) is 9.47 Å². The van der Waals surface area contributed by atoms with Crippen LogP contribution in [0.2, 0.25) is 0 Å². The zero-order valence-corrected chi connectivity index (χ0v) is 15.3. The molecule has 0 saturated carbocycles. The van der Waals surface area contributed by atoms with E-state index in [-0.39, 0.29) is 6.23 Å². The third kappa shape index (κ3) is 3.17. The molecule has 3 aromatic rings. The van der Waals surface area contributed by atoms with Crippen molar-refractivity contribution < 1.29 is 9.47 Å². The van der Waals surface area contributed by atoms with Gasteiger partial charge in [-0.15, -0.1) is 10.2 Å². The zero-order valence-electron chi connectivity index (χ0n) is 14.5. The molecule has 0 aliphatic carbocycles. The molecule has 2 aromatic carbocycles. The van der Waals surface area contributed by atoms with Crippen molar-refractivity contribution >= 4 is 17.4 Å². The summed E-state index contributed by atoms with van der Waals surface area (Å²) in [6.07, 6.45) is -0.389. The van der Waals surface area contributed by atoms with Gasteiger partial charge in [-0.3, -0.25) is 0 Å². The van der Waals surface area contributed by atoms with Crippen LogP contribution < -0.4 is 14.8 Å². The monoisotopic (exact) mass is 366 g/mol. The van der Waals surface area contributed by atoms with Gasteiger partial charge in [-0.05, 0) is 36.1 Å². The van der Waals surface area contributed by atoms with Crippen molar-refractivity contribution in [1.82, 2.24) is 15.2 Å². The maximum atomic E-state index is 6.21. The zero-order chi connectivity index (χ0) is 17.9. The van der Waals surface area contributed by atoms with Gasteiger partial charge in [-0.1, -0.05) is 36.9 Å². The molecule has 0 saturated heterocycles. The van der Waals surface area contributed by atoms with Crippen molar-refractivity contribution in [3.8, 4) is 22.9 Å². The molecule has 0 amide bonds. The fourth-order valence-corrected chi connectivity index (χ4v) is 3.27. The van der Waals surface area contributed by atoms with Gasteiger partial charge < -0.3 is 14.8 Å². The molecule has 1 N–H and O–H groups in total. The molecule has 1 aliphatic heterocycles. The van der Waals surface area contributed by atoms with Crippen LogP contribution in [-0.4, -0.2) is 28.0 Å². The predicted octanol–water partition coefficient (Wildman–Crippen LogP) is 4.16. The number of nitrogens with zero attached hydrogens (tertiary/aromatic N) is 3. The van der Waals surface area contributed by atoms with E-state index >= 15 is 0 Å². The lowest BCUT2D eigenvalue weighted by Crippen LogP contribution is -2.17. The Bertz CT molecular complexity index is 918. The molecule has 4 rings (SSSR count). The van der Waals surface area contributed by atoms with Crippen molar-refractivity contribution in [2.45, 2.75) is 18.3 Å². The van der Waals surface area contributed by atoms with Gasteiger partial charge in [0.2, 0.25) is 11.0 Å². The highest BCUT2D eigenvalue weighted by Gasteiger charge is 2.25. The number of benzene rings is 2. The SMILES string of the molecule is CCSc1nnc2c(n1)O[C@@H](c1ccc(OC)cc1)Nc1ccccc1-2. The van der Waals surface area contributed by atoms with Crippen LogP contribution in [-0.2, 0) is 0 Å². The van der Waals surface area contributed by atoms with Gasteiger partial charge in [-0.25, -0.2) is 0 Å². The summed E-state index contributed by atoms with van der Waals surface area (Å²) in [6.45, 7) is 2.05. The molecule has 1 atom stereocenters. The van der Waals surface area contributed by atoms with E-state index < -0.39 is 0 Å². The summed E-state index contributed by atoms with van der Waals surface area (Å²) < 4.78 is 11.4. The minimum absolute atomic E-state index is 0.389. The summed E-state index contributed by atoms with van der Waals surface area (Å²) >= 11 is 1.54. The summed E-state index contributed by atoms with van der Waals surface area (Å²) in [4.78, 5) is 4.57. The summed E-state index contributed by atoms with van der Waals surface area (Å²) in [5.74, 6) is 2.15. The Labute approximate surface area is 156 Å². The van der Waals surface area contributed by atoms with E-state index in [0.717, 1.165) is 28.3 Å². The lowest BCUT2D eigenvalue weighted by Gasteiger charge is -2.19. The predicted molar refractivity (Wildman–Crippen MR) is 102 cm³/mol. The van der Waals surface area contributed by atoms with Gasteiger partial charge in [0.1, 0.15) is 5.75 Å².